The lowest BCUT2D eigenvalue weighted by Gasteiger charge is -2.20. The second-order valence-electron chi connectivity index (χ2n) is 4.91. The fourth-order valence-corrected chi connectivity index (χ4v) is 2.94. The van der Waals surface area contributed by atoms with Crippen molar-refractivity contribution in [2.75, 3.05) is 7.11 Å². The van der Waals surface area contributed by atoms with E-state index >= 15 is 0 Å². The van der Waals surface area contributed by atoms with E-state index in [2.05, 4.69) is 17.4 Å². The molecule has 2 heterocycles. The van der Waals surface area contributed by atoms with Crippen LogP contribution in [0.4, 0.5) is 0 Å². The highest BCUT2D eigenvalue weighted by molar-refractivity contribution is 5.33. The van der Waals surface area contributed by atoms with Crippen LogP contribution in [0.1, 0.15) is 24.8 Å². The van der Waals surface area contributed by atoms with E-state index in [-0.39, 0.29) is 0 Å². The lowest BCUT2D eigenvalue weighted by Crippen LogP contribution is -2.37. The quantitative estimate of drug-likeness (QED) is 0.864. The van der Waals surface area contributed by atoms with Gasteiger partial charge in [-0.2, -0.15) is 0 Å². The van der Waals surface area contributed by atoms with Crippen molar-refractivity contribution in [2.45, 2.75) is 44.1 Å². The minimum absolute atomic E-state index is 0.440. The third-order valence-electron chi connectivity index (χ3n) is 3.85. The molecule has 2 aliphatic heterocycles. The van der Waals surface area contributed by atoms with Crippen molar-refractivity contribution < 1.29 is 9.47 Å². The fraction of sp³-hybridized carbons (Fsp3) is 0.571. The maximum Gasteiger partial charge on any atom is 0.123 e. The third kappa shape index (κ3) is 2.17. The summed E-state index contributed by atoms with van der Waals surface area (Å²) in [6.45, 7) is 0.862. The molecule has 3 nitrogen and oxygen atoms in total. The molecule has 1 N–H and O–H groups in total. The predicted octanol–water partition coefficient (Wildman–Crippen LogP) is 2.10. The average molecular weight is 233 g/mol. The molecule has 0 radical (unpaired) electrons. The molecule has 0 amide bonds. The number of rotatable bonds is 4. The molecule has 0 spiro atoms. The van der Waals surface area contributed by atoms with E-state index < -0.39 is 0 Å². The largest absolute Gasteiger partial charge is 0.496 e. The monoisotopic (exact) mass is 233 g/mol. The van der Waals surface area contributed by atoms with Crippen LogP contribution in [-0.2, 0) is 11.3 Å². The Morgan fingerprint density at radius 3 is 2.94 bits per heavy atom. The summed E-state index contributed by atoms with van der Waals surface area (Å²) in [6.07, 6.45) is 4.58. The van der Waals surface area contributed by atoms with Gasteiger partial charge >= 0.3 is 0 Å². The minimum Gasteiger partial charge on any atom is -0.496 e. The van der Waals surface area contributed by atoms with Crippen LogP contribution in [0.2, 0.25) is 0 Å². The van der Waals surface area contributed by atoms with E-state index in [1.54, 1.807) is 7.11 Å². The molecule has 3 heteroatoms. The SMILES string of the molecule is COc1ccccc1CNC1CC2CCC1O2. The second kappa shape index (κ2) is 4.67. The van der Waals surface area contributed by atoms with Crippen LogP contribution in [0.5, 0.6) is 5.75 Å². The lowest BCUT2D eigenvalue weighted by molar-refractivity contribution is 0.0972. The number of nitrogens with one attached hydrogen (secondary N) is 1. The van der Waals surface area contributed by atoms with Gasteiger partial charge in [-0.25, -0.2) is 0 Å². The smallest absolute Gasteiger partial charge is 0.123 e. The third-order valence-corrected chi connectivity index (χ3v) is 3.85. The van der Waals surface area contributed by atoms with E-state index in [9.17, 15) is 0 Å². The summed E-state index contributed by atoms with van der Waals surface area (Å²) < 4.78 is 11.2. The first-order chi connectivity index (χ1) is 8.36. The summed E-state index contributed by atoms with van der Waals surface area (Å²) in [5.41, 5.74) is 1.22. The minimum atomic E-state index is 0.440. The molecule has 3 rings (SSSR count). The van der Waals surface area contributed by atoms with Gasteiger partial charge in [0.05, 0.1) is 19.3 Å². The zero-order valence-electron chi connectivity index (χ0n) is 10.2. The van der Waals surface area contributed by atoms with Crippen molar-refractivity contribution in [2.24, 2.45) is 0 Å². The molecular weight excluding hydrogens is 214 g/mol. The molecule has 17 heavy (non-hydrogen) atoms. The average Bonchev–Trinajstić information content (AvgIpc) is 2.98. The zero-order valence-corrected chi connectivity index (χ0v) is 10.2. The van der Waals surface area contributed by atoms with Gasteiger partial charge in [0.1, 0.15) is 5.75 Å². The van der Waals surface area contributed by atoms with Crippen LogP contribution in [-0.4, -0.2) is 25.4 Å². The van der Waals surface area contributed by atoms with Gasteiger partial charge in [-0.3, -0.25) is 0 Å². The summed E-state index contributed by atoms with van der Waals surface area (Å²) in [5, 5.41) is 3.60. The standard InChI is InChI=1S/C14H19NO2/c1-16-13-5-3-2-4-10(13)9-15-12-8-11-6-7-14(12)17-11/h2-5,11-12,14-15H,6-9H2,1H3. The summed E-state index contributed by atoms with van der Waals surface area (Å²) in [4.78, 5) is 0. The molecule has 92 valence electrons. The Morgan fingerprint density at radius 2 is 2.24 bits per heavy atom. The van der Waals surface area contributed by atoms with Crippen LogP contribution >= 0.6 is 0 Å². The van der Waals surface area contributed by atoms with E-state index in [0.717, 1.165) is 12.3 Å². The molecule has 3 unspecified atom stereocenters. The first-order valence-electron chi connectivity index (χ1n) is 6.37. The van der Waals surface area contributed by atoms with Crippen LogP contribution in [0.25, 0.3) is 0 Å². The van der Waals surface area contributed by atoms with E-state index in [4.69, 9.17) is 9.47 Å². The maximum absolute atomic E-state index is 5.84. The molecule has 1 aromatic rings. The van der Waals surface area contributed by atoms with Gasteiger partial charge in [0.2, 0.25) is 0 Å². The molecule has 2 saturated heterocycles. The number of ether oxygens (including phenoxy) is 2. The van der Waals surface area contributed by atoms with Crippen molar-refractivity contribution in [3.05, 3.63) is 29.8 Å². The highest BCUT2D eigenvalue weighted by Crippen LogP contribution is 2.34. The molecule has 0 aliphatic carbocycles. The molecule has 0 saturated carbocycles. The van der Waals surface area contributed by atoms with E-state index in [0.29, 0.717) is 18.2 Å². The molecule has 2 bridgehead atoms. The molecule has 2 aliphatic rings. The van der Waals surface area contributed by atoms with Gasteiger partial charge in [-0.15, -0.1) is 0 Å². The van der Waals surface area contributed by atoms with Gasteiger partial charge in [-0.05, 0) is 25.3 Å². The van der Waals surface area contributed by atoms with Crippen LogP contribution < -0.4 is 10.1 Å². The Hall–Kier alpha value is -1.06. The molecule has 2 fully saturated rings. The summed E-state index contributed by atoms with van der Waals surface area (Å²) in [6, 6.07) is 8.70. The van der Waals surface area contributed by atoms with Crippen molar-refractivity contribution >= 4 is 0 Å². The Bertz CT molecular complexity index is 394. The van der Waals surface area contributed by atoms with Crippen molar-refractivity contribution in [1.29, 1.82) is 0 Å². The topological polar surface area (TPSA) is 30.5 Å². The predicted molar refractivity (Wildman–Crippen MR) is 66.1 cm³/mol. The van der Waals surface area contributed by atoms with Crippen molar-refractivity contribution in [3.63, 3.8) is 0 Å². The molecular formula is C14H19NO2. The van der Waals surface area contributed by atoms with Gasteiger partial charge < -0.3 is 14.8 Å². The Morgan fingerprint density at radius 1 is 1.35 bits per heavy atom. The number of benzene rings is 1. The number of fused-ring (bicyclic) bond motifs is 2. The Balaban J connectivity index is 1.60. The first-order valence-corrected chi connectivity index (χ1v) is 6.37. The summed E-state index contributed by atoms with van der Waals surface area (Å²) >= 11 is 0. The highest BCUT2D eigenvalue weighted by atomic mass is 16.5. The van der Waals surface area contributed by atoms with Gasteiger partial charge in [0, 0.05) is 18.2 Å². The first kappa shape index (κ1) is 11.1. The molecule has 0 aromatic heterocycles. The van der Waals surface area contributed by atoms with Gasteiger partial charge in [-0.1, -0.05) is 18.2 Å². The lowest BCUT2D eigenvalue weighted by atomic mass is 9.95. The second-order valence-corrected chi connectivity index (χ2v) is 4.91. The van der Waals surface area contributed by atoms with Crippen molar-refractivity contribution in [3.8, 4) is 5.75 Å². The normalized spacial score (nSPS) is 30.8. The van der Waals surface area contributed by atoms with Crippen LogP contribution in [0, 0.1) is 0 Å². The maximum atomic E-state index is 5.84. The Kier molecular flexibility index (Phi) is 3.04. The van der Waals surface area contributed by atoms with Crippen molar-refractivity contribution in [1.82, 2.24) is 5.32 Å². The number of hydrogen-bond donors (Lipinski definition) is 1. The zero-order chi connectivity index (χ0) is 11.7. The number of methoxy groups -OCH3 is 1. The summed E-state index contributed by atoms with van der Waals surface area (Å²) in [7, 11) is 1.72. The highest BCUT2D eigenvalue weighted by Gasteiger charge is 2.40. The summed E-state index contributed by atoms with van der Waals surface area (Å²) in [5.74, 6) is 0.962. The van der Waals surface area contributed by atoms with E-state index in [1.165, 1.54) is 24.8 Å². The van der Waals surface area contributed by atoms with Crippen LogP contribution in [0.15, 0.2) is 24.3 Å². The van der Waals surface area contributed by atoms with Gasteiger partial charge in [0.25, 0.3) is 0 Å². The number of para-hydroxylation sites is 1. The fourth-order valence-electron chi connectivity index (χ4n) is 2.94. The molecule has 3 atom stereocenters. The van der Waals surface area contributed by atoms with Crippen LogP contribution in [0.3, 0.4) is 0 Å². The number of hydrogen-bond acceptors (Lipinski definition) is 3. The van der Waals surface area contributed by atoms with Gasteiger partial charge in [0.15, 0.2) is 0 Å². The van der Waals surface area contributed by atoms with E-state index in [1.807, 2.05) is 12.1 Å². The molecule has 1 aromatic carbocycles. The Labute approximate surface area is 102 Å².